The maximum absolute atomic E-state index is 12.7. The van der Waals surface area contributed by atoms with E-state index in [-0.39, 0.29) is 11.8 Å². The van der Waals surface area contributed by atoms with Gasteiger partial charge in [0.2, 0.25) is 17.6 Å². The molecule has 2 fully saturated rings. The fourth-order valence-electron chi connectivity index (χ4n) is 4.18. The van der Waals surface area contributed by atoms with Crippen LogP contribution in [0.5, 0.6) is 0 Å². The summed E-state index contributed by atoms with van der Waals surface area (Å²) in [6.07, 6.45) is 13.2. The van der Waals surface area contributed by atoms with Crippen LogP contribution in [0.3, 0.4) is 0 Å². The van der Waals surface area contributed by atoms with Gasteiger partial charge in [-0.15, -0.1) is 0 Å². The lowest BCUT2D eigenvalue weighted by Gasteiger charge is -2.40. The minimum atomic E-state index is 0.132. The van der Waals surface area contributed by atoms with Crippen molar-refractivity contribution in [3.8, 4) is 11.5 Å². The molecule has 2 aromatic heterocycles. The summed E-state index contributed by atoms with van der Waals surface area (Å²) >= 11 is 0. The lowest BCUT2D eigenvalue weighted by molar-refractivity contribution is -0.141. The van der Waals surface area contributed by atoms with E-state index in [1.165, 1.54) is 32.1 Å². The predicted molar refractivity (Wildman–Crippen MR) is 99.6 cm³/mol. The Hall–Kier alpha value is -2.31. The summed E-state index contributed by atoms with van der Waals surface area (Å²) in [6, 6.07) is 0. The molecule has 3 heterocycles. The van der Waals surface area contributed by atoms with Gasteiger partial charge in [-0.3, -0.25) is 9.78 Å². The SMILES string of the molecule is CCCCC1CCC(C(=O)N2CC(c3nc(-c4cnccn4)no3)C2)CC1. The molecule has 4 rings (SSSR count). The van der Waals surface area contributed by atoms with Crippen molar-refractivity contribution in [1.29, 1.82) is 0 Å². The molecule has 2 aromatic rings. The molecule has 0 radical (unpaired) electrons. The predicted octanol–water partition coefficient (Wildman–Crippen LogP) is 3.45. The second-order valence-electron chi connectivity index (χ2n) is 7.85. The van der Waals surface area contributed by atoms with Crippen molar-refractivity contribution in [2.24, 2.45) is 11.8 Å². The first-order chi connectivity index (χ1) is 13.2. The van der Waals surface area contributed by atoms with Crippen molar-refractivity contribution >= 4 is 5.91 Å². The van der Waals surface area contributed by atoms with Crippen LogP contribution in [0.4, 0.5) is 0 Å². The van der Waals surface area contributed by atoms with Crippen LogP contribution < -0.4 is 0 Å². The van der Waals surface area contributed by atoms with Crippen molar-refractivity contribution in [3.05, 3.63) is 24.5 Å². The van der Waals surface area contributed by atoms with Gasteiger partial charge < -0.3 is 9.42 Å². The number of carbonyl (C=O) groups is 1. The van der Waals surface area contributed by atoms with Gasteiger partial charge >= 0.3 is 0 Å². The van der Waals surface area contributed by atoms with E-state index >= 15 is 0 Å². The van der Waals surface area contributed by atoms with E-state index in [1.807, 2.05) is 4.90 Å². The molecular weight excluding hydrogens is 342 g/mol. The van der Waals surface area contributed by atoms with Gasteiger partial charge in [-0.05, 0) is 31.6 Å². The van der Waals surface area contributed by atoms with Crippen LogP contribution in [0.15, 0.2) is 23.1 Å². The molecule has 1 aliphatic heterocycles. The Morgan fingerprint density at radius 1 is 1.22 bits per heavy atom. The van der Waals surface area contributed by atoms with Crippen LogP contribution in [0.1, 0.15) is 63.7 Å². The van der Waals surface area contributed by atoms with Gasteiger partial charge in [0, 0.05) is 31.4 Å². The van der Waals surface area contributed by atoms with Gasteiger partial charge in [-0.1, -0.05) is 31.3 Å². The summed E-state index contributed by atoms with van der Waals surface area (Å²) in [6.45, 7) is 3.60. The Kier molecular flexibility index (Phi) is 5.45. The highest BCUT2D eigenvalue weighted by atomic mass is 16.5. The smallest absolute Gasteiger partial charge is 0.233 e. The van der Waals surface area contributed by atoms with Crippen LogP contribution >= 0.6 is 0 Å². The van der Waals surface area contributed by atoms with E-state index in [1.54, 1.807) is 18.6 Å². The van der Waals surface area contributed by atoms with Gasteiger partial charge in [0.25, 0.3) is 0 Å². The zero-order valence-electron chi connectivity index (χ0n) is 15.9. The normalized spacial score (nSPS) is 23.2. The van der Waals surface area contributed by atoms with Gasteiger partial charge in [0.05, 0.1) is 12.1 Å². The number of rotatable bonds is 6. The third kappa shape index (κ3) is 4.01. The zero-order chi connectivity index (χ0) is 18.6. The third-order valence-corrected chi connectivity index (χ3v) is 5.94. The Bertz CT molecular complexity index is 749. The van der Waals surface area contributed by atoms with Gasteiger partial charge in [-0.25, -0.2) is 4.98 Å². The second kappa shape index (κ2) is 8.15. The maximum Gasteiger partial charge on any atom is 0.233 e. The number of aromatic nitrogens is 4. The molecule has 0 bridgehead atoms. The van der Waals surface area contributed by atoms with E-state index in [2.05, 4.69) is 27.0 Å². The highest BCUT2D eigenvalue weighted by Gasteiger charge is 2.39. The van der Waals surface area contributed by atoms with Crippen LogP contribution in [-0.2, 0) is 4.79 Å². The average Bonchev–Trinajstić information content (AvgIpc) is 3.16. The molecule has 2 aliphatic rings. The number of likely N-dealkylation sites (tertiary alicyclic amines) is 1. The molecule has 1 amide bonds. The highest BCUT2D eigenvalue weighted by Crippen LogP contribution is 2.35. The summed E-state index contributed by atoms with van der Waals surface area (Å²) in [5.41, 5.74) is 0.597. The van der Waals surface area contributed by atoms with Crippen molar-refractivity contribution < 1.29 is 9.32 Å². The molecule has 0 spiro atoms. The minimum Gasteiger partial charge on any atom is -0.341 e. The summed E-state index contributed by atoms with van der Waals surface area (Å²) in [5, 5.41) is 3.99. The molecule has 144 valence electrons. The van der Waals surface area contributed by atoms with Crippen LogP contribution in [0.25, 0.3) is 11.5 Å². The molecule has 7 nitrogen and oxygen atoms in total. The molecule has 0 N–H and O–H groups in total. The maximum atomic E-state index is 12.7. The molecule has 1 saturated heterocycles. The van der Waals surface area contributed by atoms with E-state index in [0.717, 1.165) is 18.8 Å². The summed E-state index contributed by atoms with van der Waals surface area (Å²) < 4.78 is 5.38. The largest absolute Gasteiger partial charge is 0.341 e. The monoisotopic (exact) mass is 369 g/mol. The van der Waals surface area contributed by atoms with Gasteiger partial charge in [0.15, 0.2) is 0 Å². The number of unbranched alkanes of at least 4 members (excludes halogenated alkanes) is 1. The highest BCUT2D eigenvalue weighted by molar-refractivity contribution is 5.80. The quantitative estimate of drug-likeness (QED) is 0.775. The zero-order valence-corrected chi connectivity index (χ0v) is 15.9. The standard InChI is InChI=1S/C20H27N5O2/c1-2-3-4-14-5-7-15(8-6-14)20(26)25-12-16(13-25)19-23-18(24-27-19)17-11-21-9-10-22-17/h9-11,14-16H,2-8,12-13H2,1H3. The molecule has 7 heteroatoms. The molecular formula is C20H27N5O2. The van der Waals surface area contributed by atoms with Crippen LogP contribution in [0.2, 0.25) is 0 Å². The second-order valence-corrected chi connectivity index (χ2v) is 7.85. The van der Waals surface area contributed by atoms with Gasteiger partial charge in [0.1, 0.15) is 5.69 Å². The van der Waals surface area contributed by atoms with E-state index in [9.17, 15) is 4.79 Å². The molecule has 0 aromatic carbocycles. The van der Waals surface area contributed by atoms with Crippen LogP contribution in [0, 0.1) is 11.8 Å². The van der Waals surface area contributed by atoms with Crippen molar-refractivity contribution in [2.45, 2.75) is 57.8 Å². The van der Waals surface area contributed by atoms with E-state index in [0.29, 0.717) is 36.4 Å². The fraction of sp³-hybridized carbons (Fsp3) is 0.650. The first kappa shape index (κ1) is 18.1. The topological polar surface area (TPSA) is 85.0 Å². The summed E-state index contributed by atoms with van der Waals surface area (Å²) in [7, 11) is 0. The number of nitrogens with zero attached hydrogens (tertiary/aromatic N) is 5. The van der Waals surface area contributed by atoms with Crippen molar-refractivity contribution in [1.82, 2.24) is 25.0 Å². The lowest BCUT2D eigenvalue weighted by Crippen LogP contribution is -2.51. The molecule has 0 unspecified atom stereocenters. The molecule has 1 aliphatic carbocycles. The average molecular weight is 369 g/mol. The van der Waals surface area contributed by atoms with Crippen molar-refractivity contribution in [3.63, 3.8) is 0 Å². The Labute approximate surface area is 159 Å². The van der Waals surface area contributed by atoms with E-state index in [4.69, 9.17) is 4.52 Å². The first-order valence-corrected chi connectivity index (χ1v) is 10.1. The Morgan fingerprint density at radius 2 is 2.04 bits per heavy atom. The Morgan fingerprint density at radius 3 is 2.74 bits per heavy atom. The summed E-state index contributed by atoms with van der Waals surface area (Å²) in [5.74, 6) is 2.52. The number of amides is 1. The first-order valence-electron chi connectivity index (χ1n) is 10.1. The number of hydrogen-bond donors (Lipinski definition) is 0. The minimum absolute atomic E-state index is 0.132. The Balaban J connectivity index is 1.26. The van der Waals surface area contributed by atoms with Crippen LogP contribution in [-0.4, -0.2) is 44.0 Å². The fourth-order valence-corrected chi connectivity index (χ4v) is 4.18. The third-order valence-electron chi connectivity index (χ3n) is 5.94. The number of carbonyl (C=O) groups excluding carboxylic acids is 1. The summed E-state index contributed by atoms with van der Waals surface area (Å²) in [4.78, 5) is 27.3. The number of hydrogen-bond acceptors (Lipinski definition) is 6. The molecule has 1 saturated carbocycles. The van der Waals surface area contributed by atoms with E-state index < -0.39 is 0 Å². The van der Waals surface area contributed by atoms with Crippen molar-refractivity contribution in [2.75, 3.05) is 13.1 Å². The lowest BCUT2D eigenvalue weighted by atomic mass is 9.78. The molecule has 27 heavy (non-hydrogen) atoms. The molecule has 0 atom stereocenters. The van der Waals surface area contributed by atoms with Gasteiger partial charge in [-0.2, -0.15) is 4.98 Å².